The van der Waals surface area contributed by atoms with E-state index in [4.69, 9.17) is 9.47 Å². The summed E-state index contributed by atoms with van der Waals surface area (Å²) >= 11 is 0. The van der Waals surface area contributed by atoms with Crippen molar-refractivity contribution < 1.29 is 28.7 Å². The van der Waals surface area contributed by atoms with Crippen molar-refractivity contribution in [1.82, 2.24) is 10.4 Å². The summed E-state index contributed by atoms with van der Waals surface area (Å²) in [5, 5.41) is 3.69. The molecular weight excluding hydrogens is 390 g/mol. The van der Waals surface area contributed by atoms with Crippen molar-refractivity contribution in [3.63, 3.8) is 0 Å². The fraction of sp³-hybridized carbons (Fsp3) is 0.238. The van der Waals surface area contributed by atoms with Crippen molar-refractivity contribution >= 4 is 29.4 Å². The van der Waals surface area contributed by atoms with Gasteiger partial charge in [-0.15, -0.1) is 0 Å². The molecule has 1 atom stereocenters. The Hall–Kier alpha value is -3.88. The Labute approximate surface area is 172 Å². The number of hydrogen-bond donors (Lipinski definition) is 2. The molecule has 2 aromatic rings. The van der Waals surface area contributed by atoms with Gasteiger partial charge in [0.25, 0.3) is 11.8 Å². The molecule has 2 N–H and O–H groups in total. The smallest absolute Gasteiger partial charge is 0.311 e. The van der Waals surface area contributed by atoms with Crippen LogP contribution in [0.25, 0.3) is 0 Å². The number of carbonyl (C=O) groups excluding carboxylic acids is 4. The summed E-state index contributed by atoms with van der Waals surface area (Å²) in [6.07, 6.45) is -0.106. The van der Waals surface area contributed by atoms with Crippen molar-refractivity contribution in [2.45, 2.75) is 6.42 Å². The van der Waals surface area contributed by atoms with Crippen LogP contribution < -0.4 is 15.5 Å². The Kier molecular flexibility index (Phi) is 6.63. The third-order valence-corrected chi connectivity index (χ3v) is 4.43. The number of esters is 1. The molecule has 0 unspecified atom stereocenters. The van der Waals surface area contributed by atoms with Crippen molar-refractivity contribution in [2.24, 2.45) is 5.92 Å². The van der Waals surface area contributed by atoms with Gasteiger partial charge in [0.05, 0.1) is 19.6 Å². The first-order valence-electron chi connectivity index (χ1n) is 9.23. The predicted molar refractivity (Wildman–Crippen MR) is 106 cm³/mol. The van der Waals surface area contributed by atoms with Crippen LogP contribution in [0.1, 0.15) is 16.8 Å². The summed E-state index contributed by atoms with van der Waals surface area (Å²) in [6, 6.07) is 15.2. The van der Waals surface area contributed by atoms with Crippen molar-refractivity contribution in [3.8, 4) is 5.75 Å². The normalized spacial score (nSPS) is 15.4. The maximum absolute atomic E-state index is 12.2. The largest absolute Gasteiger partial charge is 0.497 e. The van der Waals surface area contributed by atoms with Crippen LogP contribution in [0, 0.1) is 5.92 Å². The summed E-state index contributed by atoms with van der Waals surface area (Å²) in [5.41, 5.74) is 3.38. The number of hydrogen-bond acceptors (Lipinski definition) is 6. The SMILES string of the molecule is COc1cccc(NC(=O)COC(=O)[C@@H]2CC(=O)N(NC(=O)c3ccccc3)C2)c1. The third kappa shape index (κ3) is 5.34. The minimum absolute atomic E-state index is 0.0201. The molecule has 0 spiro atoms. The molecule has 0 saturated carbocycles. The van der Waals surface area contributed by atoms with Gasteiger partial charge in [0.1, 0.15) is 5.75 Å². The molecule has 1 saturated heterocycles. The van der Waals surface area contributed by atoms with Crippen LogP contribution in [0.3, 0.4) is 0 Å². The summed E-state index contributed by atoms with van der Waals surface area (Å²) in [4.78, 5) is 48.5. The van der Waals surface area contributed by atoms with Gasteiger partial charge in [0.15, 0.2) is 6.61 Å². The Balaban J connectivity index is 1.47. The monoisotopic (exact) mass is 411 g/mol. The molecule has 9 heteroatoms. The van der Waals surface area contributed by atoms with Gasteiger partial charge >= 0.3 is 5.97 Å². The third-order valence-electron chi connectivity index (χ3n) is 4.43. The Morgan fingerprint density at radius 3 is 2.60 bits per heavy atom. The molecule has 30 heavy (non-hydrogen) atoms. The quantitative estimate of drug-likeness (QED) is 0.665. The number of methoxy groups -OCH3 is 1. The minimum Gasteiger partial charge on any atom is -0.497 e. The predicted octanol–water partition coefficient (Wildman–Crippen LogP) is 1.37. The van der Waals surface area contributed by atoms with E-state index >= 15 is 0 Å². The summed E-state index contributed by atoms with van der Waals surface area (Å²) in [7, 11) is 1.51. The zero-order valence-electron chi connectivity index (χ0n) is 16.3. The Morgan fingerprint density at radius 2 is 1.87 bits per heavy atom. The van der Waals surface area contributed by atoms with Gasteiger partial charge in [0, 0.05) is 23.7 Å². The lowest BCUT2D eigenvalue weighted by atomic mass is 10.1. The highest BCUT2D eigenvalue weighted by Crippen LogP contribution is 2.19. The number of nitrogens with one attached hydrogen (secondary N) is 2. The molecule has 9 nitrogen and oxygen atoms in total. The summed E-state index contributed by atoms with van der Waals surface area (Å²) < 4.78 is 10.1. The van der Waals surface area contributed by atoms with Gasteiger partial charge in [-0.1, -0.05) is 24.3 Å². The van der Waals surface area contributed by atoms with Gasteiger partial charge in [-0.2, -0.15) is 0 Å². The first-order chi connectivity index (χ1) is 14.5. The molecule has 1 aliphatic heterocycles. The zero-order chi connectivity index (χ0) is 21.5. The standard InChI is InChI=1S/C21H21N3O6/c1-29-17-9-5-8-16(11-17)22-18(25)13-30-21(28)15-10-19(26)24(12-15)23-20(27)14-6-3-2-4-7-14/h2-9,11,15H,10,12-13H2,1H3,(H,22,25)(H,23,27)/t15-/m1/s1. The maximum Gasteiger partial charge on any atom is 0.311 e. The summed E-state index contributed by atoms with van der Waals surface area (Å²) in [5.74, 6) is -2.24. The average molecular weight is 411 g/mol. The van der Waals surface area contributed by atoms with Gasteiger partial charge in [-0.25, -0.2) is 0 Å². The highest BCUT2D eigenvalue weighted by molar-refractivity contribution is 5.97. The number of hydrazine groups is 1. The van der Waals surface area contributed by atoms with Gasteiger partial charge < -0.3 is 14.8 Å². The van der Waals surface area contributed by atoms with E-state index in [1.807, 2.05) is 0 Å². The number of ether oxygens (including phenoxy) is 2. The average Bonchev–Trinajstić information content (AvgIpc) is 3.13. The van der Waals surface area contributed by atoms with Gasteiger partial charge in [0.2, 0.25) is 5.91 Å². The summed E-state index contributed by atoms with van der Waals surface area (Å²) in [6.45, 7) is -0.509. The molecule has 156 valence electrons. The van der Waals surface area contributed by atoms with Crippen LogP contribution >= 0.6 is 0 Å². The fourth-order valence-corrected chi connectivity index (χ4v) is 2.90. The lowest BCUT2D eigenvalue weighted by molar-refractivity contribution is -0.151. The highest BCUT2D eigenvalue weighted by atomic mass is 16.5. The van der Waals surface area contributed by atoms with Crippen LogP contribution in [0.2, 0.25) is 0 Å². The van der Waals surface area contributed by atoms with Gasteiger partial charge in [-0.3, -0.25) is 29.6 Å². The molecule has 0 bridgehead atoms. The topological polar surface area (TPSA) is 114 Å². The second-order valence-electron chi connectivity index (χ2n) is 6.60. The molecule has 1 heterocycles. The van der Waals surface area contributed by atoms with E-state index in [-0.39, 0.29) is 13.0 Å². The maximum atomic E-state index is 12.2. The molecule has 0 aliphatic carbocycles. The zero-order valence-corrected chi connectivity index (χ0v) is 16.3. The first-order valence-corrected chi connectivity index (χ1v) is 9.23. The van der Waals surface area contributed by atoms with E-state index < -0.39 is 36.2 Å². The van der Waals surface area contributed by atoms with E-state index in [0.29, 0.717) is 17.0 Å². The number of benzene rings is 2. The highest BCUT2D eigenvalue weighted by Gasteiger charge is 2.36. The fourth-order valence-electron chi connectivity index (χ4n) is 2.90. The molecule has 0 aromatic heterocycles. The molecule has 3 rings (SSSR count). The molecule has 1 aliphatic rings. The van der Waals surface area contributed by atoms with Crippen molar-refractivity contribution in [3.05, 3.63) is 60.2 Å². The van der Waals surface area contributed by atoms with Crippen LogP contribution in [-0.4, -0.2) is 49.0 Å². The number of anilines is 1. The number of carbonyl (C=O) groups is 4. The number of nitrogens with zero attached hydrogens (tertiary/aromatic N) is 1. The second-order valence-corrected chi connectivity index (χ2v) is 6.60. The van der Waals surface area contributed by atoms with Crippen LogP contribution in [0.4, 0.5) is 5.69 Å². The number of rotatable bonds is 7. The molecule has 2 aromatic carbocycles. The number of amides is 3. The van der Waals surface area contributed by atoms with E-state index in [0.717, 1.165) is 5.01 Å². The van der Waals surface area contributed by atoms with Crippen LogP contribution in [0.15, 0.2) is 54.6 Å². The van der Waals surface area contributed by atoms with Gasteiger partial charge in [-0.05, 0) is 24.3 Å². The first kappa shape index (κ1) is 20.8. The van der Waals surface area contributed by atoms with E-state index in [1.54, 1.807) is 54.6 Å². The molecule has 0 radical (unpaired) electrons. The van der Waals surface area contributed by atoms with Crippen molar-refractivity contribution in [2.75, 3.05) is 25.6 Å². The minimum atomic E-state index is -0.766. The van der Waals surface area contributed by atoms with E-state index in [9.17, 15) is 19.2 Å². The van der Waals surface area contributed by atoms with Crippen molar-refractivity contribution in [1.29, 1.82) is 0 Å². The lowest BCUT2D eigenvalue weighted by Gasteiger charge is -2.17. The molecule has 3 amide bonds. The second kappa shape index (κ2) is 9.55. The van der Waals surface area contributed by atoms with E-state index in [1.165, 1.54) is 7.11 Å². The lowest BCUT2D eigenvalue weighted by Crippen LogP contribution is -2.43. The van der Waals surface area contributed by atoms with Crippen LogP contribution in [0.5, 0.6) is 5.75 Å². The van der Waals surface area contributed by atoms with E-state index in [2.05, 4.69) is 10.7 Å². The molecular formula is C21H21N3O6. The van der Waals surface area contributed by atoms with Crippen LogP contribution in [-0.2, 0) is 19.1 Å². The Bertz CT molecular complexity index is 947. The molecule has 1 fully saturated rings. The Morgan fingerprint density at radius 1 is 1.10 bits per heavy atom.